The third-order valence-electron chi connectivity index (χ3n) is 6.48. The average Bonchev–Trinajstić information content (AvgIpc) is 3.29. The largest absolute Gasteiger partial charge is 0.491 e. The summed E-state index contributed by atoms with van der Waals surface area (Å²) in [6, 6.07) is 13.2. The number of fused-ring (bicyclic) bond motifs is 1. The number of nitrogens with two attached hydrogens (primary N) is 1. The van der Waals surface area contributed by atoms with Gasteiger partial charge in [0.15, 0.2) is 0 Å². The van der Waals surface area contributed by atoms with E-state index in [0.29, 0.717) is 41.1 Å². The number of imidazole rings is 1. The fourth-order valence-electron chi connectivity index (χ4n) is 4.33. The van der Waals surface area contributed by atoms with E-state index in [1.54, 1.807) is 53.1 Å². The highest BCUT2D eigenvalue weighted by atomic mass is 19.4. The second kappa shape index (κ2) is 12.2. The highest BCUT2D eigenvalue weighted by Crippen LogP contribution is 2.40. The normalized spacial score (nSPS) is 11.8. The molecule has 43 heavy (non-hydrogen) atoms. The molecule has 2 amide bonds. The number of nitrogens with one attached hydrogen (secondary N) is 1. The van der Waals surface area contributed by atoms with Crippen LogP contribution in [0.25, 0.3) is 22.2 Å². The van der Waals surface area contributed by atoms with Crippen molar-refractivity contribution in [3.8, 4) is 16.9 Å². The van der Waals surface area contributed by atoms with Crippen molar-refractivity contribution in [1.29, 1.82) is 0 Å². The number of nitrogen functional groups attached to an aromatic ring is 1. The number of carbonyl (C=O) groups excluding carboxylic acids is 2. The monoisotopic (exact) mass is 597 g/mol. The summed E-state index contributed by atoms with van der Waals surface area (Å²) in [6.07, 6.45) is -3.10. The van der Waals surface area contributed by atoms with Gasteiger partial charge >= 0.3 is 12.3 Å². The summed E-state index contributed by atoms with van der Waals surface area (Å²) in [5.74, 6) is -0.206. The Morgan fingerprint density at radius 3 is 2.51 bits per heavy atom. The Morgan fingerprint density at radius 1 is 1.07 bits per heavy atom. The maximum Gasteiger partial charge on any atom is 0.417 e. The van der Waals surface area contributed by atoms with Crippen LogP contribution in [-0.4, -0.2) is 52.3 Å². The van der Waals surface area contributed by atoms with Crippen LogP contribution < -0.4 is 15.8 Å². The highest BCUT2D eigenvalue weighted by molar-refractivity contribution is 6.05. The van der Waals surface area contributed by atoms with Crippen LogP contribution in [0.1, 0.15) is 43.1 Å². The third kappa shape index (κ3) is 7.76. The smallest absolute Gasteiger partial charge is 0.417 e. The minimum Gasteiger partial charge on any atom is -0.491 e. The number of nitrogens with zero attached hydrogens (tertiary/aromatic N) is 3. The fraction of sp³-hybridized carbons (Fsp3) is 0.323. The van der Waals surface area contributed by atoms with Crippen LogP contribution in [0, 0.1) is 0 Å². The summed E-state index contributed by atoms with van der Waals surface area (Å²) in [4.78, 5) is 30.8. The zero-order chi connectivity index (χ0) is 31.5. The lowest BCUT2D eigenvalue weighted by Crippen LogP contribution is -2.35. The van der Waals surface area contributed by atoms with E-state index in [4.69, 9.17) is 15.2 Å². The molecule has 0 fully saturated rings. The van der Waals surface area contributed by atoms with Crippen molar-refractivity contribution in [1.82, 2.24) is 14.5 Å². The van der Waals surface area contributed by atoms with Crippen LogP contribution in [-0.2, 0) is 18.0 Å². The molecular formula is C31H34F3N5O4. The van der Waals surface area contributed by atoms with Crippen molar-refractivity contribution >= 4 is 34.4 Å². The molecule has 0 aliphatic rings. The summed E-state index contributed by atoms with van der Waals surface area (Å²) in [7, 11) is 3.26. The fourth-order valence-corrected chi connectivity index (χ4v) is 4.33. The predicted octanol–water partition coefficient (Wildman–Crippen LogP) is 6.73. The molecule has 4 rings (SSSR count). The number of hydrogen-bond acceptors (Lipinski definition) is 6. The standard InChI is InChI=1S/C31H34F3N5O4/c1-30(2,3)43-29(41)38(4)12-7-13-42-27-15-20(10-11-24(27)35)28(40)37-21-9-6-8-19(14-21)22-16-25-26(39(5)18-36-25)17-23(22)31(32,33)34/h6,8-11,14-18H,7,12-13,35H2,1-5H3,(H,37,40). The zero-order valence-electron chi connectivity index (χ0n) is 24.6. The molecule has 0 spiro atoms. The summed E-state index contributed by atoms with van der Waals surface area (Å²) in [6.45, 7) is 5.98. The minimum absolute atomic E-state index is 0.0460. The average molecular weight is 598 g/mol. The van der Waals surface area contributed by atoms with Gasteiger partial charge in [-0.1, -0.05) is 12.1 Å². The van der Waals surface area contributed by atoms with Gasteiger partial charge < -0.3 is 30.0 Å². The summed E-state index contributed by atoms with van der Waals surface area (Å²) in [5, 5.41) is 2.73. The lowest BCUT2D eigenvalue weighted by Gasteiger charge is -2.24. The Morgan fingerprint density at radius 2 is 1.81 bits per heavy atom. The second-order valence-electron chi connectivity index (χ2n) is 11.1. The summed E-state index contributed by atoms with van der Waals surface area (Å²) in [5.41, 5.74) is 6.52. The van der Waals surface area contributed by atoms with Crippen molar-refractivity contribution in [3.63, 3.8) is 0 Å². The van der Waals surface area contributed by atoms with E-state index in [1.165, 1.54) is 46.1 Å². The quantitative estimate of drug-likeness (QED) is 0.172. The van der Waals surface area contributed by atoms with Gasteiger partial charge in [-0.25, -0.2) is 9.78 Å². The van der Waals surface area contributed by atoms with Gasteiger partial charge in [-0.05, 0) is 80.8 Å². The first kappa shape index (κ1) is 31.2. The van der Waals surface area contributed by atoms with Gasteiger partial charge in [0.25, 0.3) is 5.91 Å². The number of ether oxygens (including phenoxy) is 2. The van der Waals surface area contributed by atoms with E-state index in [9.17, 15) is 22.8 Å². The molecule has 3 aromatic carbocycles. The van der Waals surface area contributed by atoms with Gasteiger partial charge in [-0.3, -0.25) is 4.79 Å². The van der Waals surface area contributed by atoms with Crippen LogP contribution in [0.5, 0.6) is 5.75 Å². The molecule has 0 aliphatic carbocycles. The molecule has 0 saturated carbocycles. The topological polar surface area (TPSA) is 112 Å². The number of amides is 2. The Labute approximate surface area is 247 Å². The van der Waals surface area contributed by atoms with E-state index in [2.05, 4.69) is 10.3 Å². The number of carbonyl (C=O) groups is 2. The molecule has 0 aliphatic heterocycles. The van der Waals surface area contributed by atoms with Gasteiger partial charge in [0.2, 0.25) is 0 Å². The number of halogens is 3. The molecule has 4 aromatic rings. The van der Waals surface area contributed by atoms with Crippen molar-refractivity contribution < 1.29 is 32.2 Å². The minimum atomic E-state index is -4.60. The third-order valence-corrected chi connectivity index (χ3v) is 6.48. The van der Waals surface area contributed by atoms with Gasteiger partial charge in [-0.2, -0.15) is 13.2 Å². The SMILES string of the molecule is CN(CCCOc1cc(C(=O)Nc2cccc(-c3cc4ncn(C)c4cc3C(F)(F)F)c2)ccc1N)C(=O)OC(C)(C)C. The van der Waals surface area contributed by atoms with E-state index in [0.717, 1.165) is 6.07 Å². The first-order valence-corrected chi connectivity index (χ1v) is 13.5. The maximum atomic E-state index is 14.0. The molecule has 0 atom stereocenters. The number of aryl methyl sites for hydroxylation is 1. The van der Waals surface area contributed by atoms with Crippen molar-refractivity contribution in [3.05, 3.63) is 72.1 Å². The molecule has 0 saturated heterocycles. The molecule has 1 heterocycles. The van der Waals surface area contributed by atoms with Crippen LogP contribution >= 0.6 is 0 Å². The molecule has 0 bridgehead atoms. The van der Waals surface area contributed by atoms with E-state index in [-0.39, 0.29) is 23.3 Å². The molecular weight excluding hydrogens is 563 g/mol. The Kier molecular flexibility index (Phi) is 8.88. The van der Waals surface area contributed by atoms with Crippen LogP contribution in [0.15, 0.2) is 60.9 Å². The molecule has 1 aromatic heterocycles. The Balaban J connectivity index is 1.45. The van der Waals surface area contributed by atoms with Crippen LogP contribution in [0.4, 0.5) is 29.3 Å². The van der Waals surface area contributed by atoms with Crippen molar-refractivity contribution in [2.24, 2.45) is 7.05 Å². The number of rotatable bonds is 8. The molecule has 3 N–H and O–H groups in total. The van der Waals surface area contributed by atoms with E-state index >= 15 is 0 Å². The van der Waals surface area contributed by atoms with Crippen LogP contribution in [0.2, 0.25) is 0 Å². The lowest BCUT2D eigenvalue weighted by atomic mass is 9.98. The molecule has 12 heteroatoms. The summed E-state index contributed by atoms with van der Waals surface area (Å²) < 4.78 is 54.6. The Hall–Kier alpha value is -4.74. The zero-order valence-corrected chi connectivity index (χ0v) is 24.6. The maximum absolute atomic E-state index is 14.0. The molecule has 0 unspecified atom stereocenters. The van der Waals surface area contributed by atoms with Crippen molar-refractivity contribution in [2.45, 2.75) is 39.0 Å². The lowest BCUT2D eigenvalue weighted by molar-refractivity contribution is -0.137. The number of alkyl halides is 3. The molecule has 9 nitrogen and oxygen atoms in total. The van der Waals surface area contributed by atoms with Crippen molar-refractivity contribution in [2.75, 3.05) is 31.2 Å². The predicted molar refractivity (Wildman–Crippen MR) is 159 cm³/mol. The Bertz CT molecular complexity index is 1640. The molecule has 228 valence electrons. The number of hydrogen-bond donors (Lipinski definition) is 2. The summed E-state index contributed by atoms with van der Waals surface area (Å²) >= 11 is 0. The second-order valence-corrected chi connectivity index (χ2v) is 11.1. The highest BCUT2D eigenvalue weighted by Gasteiger charge is 2.34. The number of benzene rings is 3. The first-order chi connectivity index (χ1) is 20.1. The van der Waals surface area contributed by atoms with E-state index in [1.807, 2.05) is 0 Å². The first-order valence-electron chi connectivity index (χ1n) is 13.5. The van der Waals surface area contributed by atoms with Gasteiger partial charge in [-0.15, -0.1) is 0 Å². The van der Waals surface area contributed by atoms with Gasteiger partial charge in [0.1, 0.15) is 11.4 Å². The van der Waals surface area contributed by atoms with Gasteiger partial charge in [0.05, 0.1) is 35.2 Å². The van der Waals surface area contributed by atoms with E-state index < -0.39 is 29.3 Å². The number of aromatic nitrogens is 2. The van der Waals surface area contributed by atoms with Crippen LogP contribution in [0.3, 0.4) is 0 Å². The molecule has 0 radical (unpaired) electrons. The number of anilines is 2. The van der Waals surface area contributed by atoms with Gasteiger partial charge in [0, 0.05) is 31.9 Å².